The van der Waals surface area contributed by atoms with E-state index >= 15 is 0 Å². The summed E-state index contributed by atoms with van der Waals surface area (Å²) in [5.41, 5.74) is 5.77. The smallest absolute Gasteiger partial charge is 0.258 e. The Morgan fingerprint density at radius 3 is 2.43 bits per heavy atom. The van der Waals surface area contributed by atoms with Gasteiger partial charge in [0.15, 0.2) is 0 Å². The van der Waals surface area contributed by atoms with Crippen molar-refractivity contribution in [2.24, 2.45) is 0 Å². The zero-order chi connectivity index (χ0) is 20.7. The number of benzene rings is 2. The Balaban J connectivity index is 0.000000200. The minimum Gasteiger partial charge on any atom is -0.299 e. The molecular weight excluding hydrogens is 356 g/mol. The maximum atomic E-state index is 11.4. The van der Waals surface area contributed by atoms with E-state index in [9.17, 15) is 19.2 Å². The number of hydrogen-bond donors (Lipinski definition) is 2. The maximum absolute atomic E-state index is 11.4. The van der Waals surface area contributed by atoms with Gasteiger partial charge in [-0.25, -0.2) is 0 Å². The van der Waals surface area contributed by atoms with Crippen LogP contribution in [0.2, 0.25) is 0 Å². The van der Waals surface area contributed by atoms with Gasteiger partial charge in [0.2, 0.25) is 18.2 Å². The molecule has 4 amide bonds. The van der Waals surface area contributed by atoms with Crippen LogP contribution in [0.4, 0.5) is 0 Å². The summed E-state index contributed by atoms with van der Waals surface area (Å²) < 4.78 is 0. The quantitative estimate of drug-likeness (QED) is 0.628. The fourth-order valence-corrected chi connectivity index (χ4v) is 3.05. The van der Waals surface area contributed by atoms with Crippen molar-refractivity contribution in [1.82, 2.24) is 10.6 Å². The lowest BCUT2D eigenvalue weighted by molar-refractivity contribution is -0.125. The van der Waals surface area contributed by atoms with Crippen molar-refractivity contribution in [3.63, 3.8) is 0 Å². The van der Waals surface area contributed by atoms with Gasteiger partial charge in [-0.3, -0.25) is 29.8 Å². The molecule has 0 saturated heterocycles. The van der Waals surface area contributed by atoms with Gasteiger partial charge in [0.25, 0.3) is 5.91 Å². The highest BCUT2D eigenvalue weighted by Crippen LogP contribution is 2.16. The fraction of sp³-hybridized carbons (Fsp3) is 0.273. The molecule has 0 radical (unpaired) electrons. The molecule has 0 spiro atoms. The van der Waals surface area contributed by atoms with Crippen LogP contribution in [-0.2, 0) is 33.6 Å². The van der Waals surface area contributed by atoms with Crippen molar-refractivity contribution in [1.29, 1.82) is 0 Å². The molecule has 3 rings (SSSR count). The Hall–Kier alpha value is -3.28. The number of carbonyl (C=O) groups excluding carboxylic acids is 4. The van der Waals surface area contributed by atoms with E-state index in [1.807, 2.05) is 51.1 Å². The third-order valence-corrected chi connectivity index (χ3v) is 4.63. The summed E-state index contributed by atoms with van der Waals surface area (Å²) in [5, 5.41) is 4.42. The molecule has 6 nitrogen and oxygen atoms in total. The molecule has 1 heterocycles. The molecule has 28 heavy (non-hydrogen) atoms. The Labute approximate surface area is 164 Å². The first-order valence-electron chi connectivity index (χ1n) is 9.09. The summed E-state index contributed by atoms with van der Waals surface area (Å²) >= 11 is 0. The van der Waals surface area contributed by atoms with Crippen LogP contribution in [-0.4, -0.2) is 24.1 Å². The van der Waals surface area contributed by atoms with Crippen LogP contribution in [0.15, 0.2) is 36.4 Å². The van der Waals surface area contributed by atoms with Crippen molar-refractivity contribution in [3.05, 3.63) is 69.8 Å². The lowest BCUT2D eigenvalue weighted by Crippen LogP contribution is -2.37. The first-order chi connectivity index (χ1) is 13.3. The first kappa shape index (κ1) is 21.0. The summed E-state index contributed by atoms with van der Waals surface area (Å²) in [6, 6.07) is 11.5. The molecule has 0 unspecified atom stereocenters. The van der Waals surface area contributed by atoms with Crippen molar-refractivity contribution in [3.8, 4) is 0 Å². The van der Waals surface area contributed by atoms with Crippen LogP contribution in [0.3, 0.4) is 0 Å². The zero-order valence-electron chi connectivity index (χ0n) is 16.3. The molecule has 0 bridgehead atoms. The normalized spacial score (nSPS) is 12.2. The average Bonchev–Trinajstić information content (AvgIpc) is 2.65. The molecule has 1 aliphatic rings. The minimum atomic E-state index is -0.279. The number of imide groups is 2. The van der Waals surface area contributed by atoms with E-state index in [-0.39, 0.29) is 24.1 Å². The number of amides is 4. The molecule has 1 aliphatic heterocycles. The van der Waals surface area contributed by atoms with Crippen LogP contribution < -0.4 is 10.6 Å². The molecule has 2 N–H and O–H groups in total. The van der Waals surface area contributed by atoms with Gasteiger partial charge in [0, 0.05) is 5.56 Å². The standard InChI is InChI=1S/C11H11NO2.C11H13NO2/c1-2-7-3-4-9-8(5-7)6-10(13)12-11(9)14;1-8-4-3-5-9(2)10(8)6-11(14)12-7-13/h3-5H,2,6H2,1H3,(H,12,13,14);3-5,7H,6H2,1-2H3,(H,12,13,14). The van der Waals surface area contributed by atoms with Gasteiger partial charge in [-0.2, -0.15) is 0 Å². The Morgan fingerprint density at radius 2 is 1.82 bits per heavy atom. The van der Waals surface area contributed by atoms with Gasteiger partial charge in [-0.05, 0) is 54.2 Å². The molecule has 0 atom stereocenters. The fourth-order valence-electron chi connectivity index (χ4n) is 3.05. The third kappa shape index (κ3) is 5.36. The van der Waals surface area contributed by atoms with Crippen LogP contribution in [0.25, 0.3) is 0 Å². The van der Waals surface area contributed by atoms with Crippen LogP contribution >= 0.6 is 0 Å². The zero-order valence-corrected chi connectivity index (χ0v) is 16.3. The highest BCUT2D eigenvalue weighted by atomic mass is 16.2. The molecule has 6 heteroatoms. The van der Waals surface area contributed by atoms with E-state index < -0.39 is 0 Å². The monoisotopic (exact) mass is 380 g/mol. The summed E-state index contributed by atoms with van der Waals surface area (Å²) in [7, 11) is 0. The topological polar surface area (TPSA) is 92.3 Å². The molecule has 0 aliphatic carbocycles. The summed E-state index contributed by atoms with van der Waals surface area (Å²) in [6.45, 7) is 5.96. The Bertz CT molecular complexity index is 898. The van der Waals surface area contributed by atoms with Crippen molar-refractivity contribution < 1.29 is 19.2 Å². The lowest BCUT2D eigenvalue weighted by Gasteiger charge is -2.15. The lowest BCUT2D eigenvalue weighted by atomic mass is 9.97. The number of aryl methyl sites for hydroxylation is 3. The van der Waals surface area contributed by atoms with Crippen LogP contribution in [0, 0.1) is 13.8 Å². The number of rotatable bonds is 4. The van der Waals surface area contributed by atoms with Crippen LogP contribution in [0.1, 0.15) is 45.1 Å². The van der Waals surface area contributed by atoms with Crippen molar-refractivity contribution >= 4 is 24.1 Å². The number of fused-ring (bicyclic) bond motifs is 1. The van der Waals surface area contributed by atoms with Gasteiger partial charge < -0.3 is 0 Å². The van der Waals surface area contributed by atoms with E-state index in [0.717, 1.165) is 34.2 Å². The van der Waals surface area contributed by atoms with E-state index in [4.69, 9.17) is 0 Å². The summed E-state index contributed by atoms with van der Waals surface area (Å²) in [6.07, 6.45) is 1.91. The molecular formula is C22H24N2O4. The first-order valence-corrected chi connectivity index (χ1v) is 9.09. The van der Waals surface area contributed by atoms with Gasteiger partial charge >= 0.3 is 0 Å². The number of nitrogens with one attached hydrogen (secondary N) is 2. The van der Waals surface area contributed by atoms with Crippen LogP contribution in [0.5, 0.6) is 0 Å². The van der Waals surface area contributed by atoms with Gasteiger partial charge in [-0.15, -0.1) is 0 Å². The number of carbonyl (C=O) groups is 4. The third-order valence-electron chi connectivity index (χ3n) is 4.63. The van der Waals surface area contributed by atoms with Gasteiger partial charge in [0.1, 0.15) is 0 Å². The highest BCUT2D eigenvalue weighted by Gasteiger charge is 2.21. The predicted molar refractivity (Wildman–Crippen MR) is 106 cm³/mol. The van der Waals surface area contributed by atoms with Crippen molar-refractivity contribution in [2.45, 2.75) is 40.0 Å². The maximum Gasteiger partial charge on any atom is 0.258 e. The largest absolute Gasteiger partial charge is 0.299 e. The second kappa shape index (κ2) is 9.60. The molecule has 2 aromatic carbocycles. The average molecular weight is 380 g/mol. The highest BCUT2D eigenvalue weighted by molar-refractivity contribution is 6.09. The molecule has 0 fully saturated rings. The Morgan fingerprint density at radius 1 is 1.14 bits per heavy atom. The van der Waals surface area contributed by atoms with Crippen molar-refractivity contribution in [2.75, 3.05) is 0 Å². The second-order valence-electron chi connectivity index (χ2n) is 6.63. The molecule has 2 aromatic rings. The van der Waals surface area contributed by atoms with Gasteiger partial charge in [-0.1, -0.05) is 37.3 Å². The van der Waals surface area contributed by atoms with E-state index in [0.29, 0.717) is 18.4 Å². The molecule has 146 valence electrons. The van der Waals surface area contributed by atoms with E-state index in [2.05, 4.69) is 10.6 Å². The minimum absolute atomic E-state index is 0.212. The SMILES string of the molecule is CCc1ccc2c(c1)CC(=O)NC2=O.Cc1cccc(C)c1CC(=O)NC=O. The second-order valence-corrected chi connectivity index (χ2v) is 6.63. The molecule has 0 saturated carbocycles. The molecule has 0 aromatic heterocycles. The Kier molecular flexibility index (Phi) is 7.21. The van der Waals surface area contributed by atoms with E-state index in [1.165, 1.54) is 0 Å². The summed E-state index contributed by atoms with van der Waals surface area (Å²) in [4.78, 5) is 43.7. The number of hydrogen-bond acceptors (Lipinski definition) is 4. The summed E-state index contributed by atoms with van der Waals surface area (Å²) in [5.74, 6) is -0.757. The van der Waals surface area contributed by atoms with E-state index in [1.54, 1.807) is 6.07 Å². The van der Waals surface area contributed by atoms with Gasteiger partial charge in [0.05, 0.1) is 12.8 Å². The predicted octanol–water partition coefficient (Wildman–Crippen LogP) is 2.18.